The predicted octanol–water partition coefficient (Wildman–Crippen LogP) is 1.24. The summed E-state index contributed by atoms with van der Waals surface area (Å²) in [5.41, 5.74) is 0. The van der Waals surface area contributed by atoms with Gasteiger partial charge >= 0.3 is 5.97 Å². The Hall–Kier alpha value is -0.570. The summed E-state index contributed by atoms with van der Waals surface area (Å²) in [6.45, 7) is 1.76. The maximum absolute atomic E-state index is 10.9. The lowest BCUT2D eigenvalue weighted by Crippen LogP contribution is -2.33. The Balaban J connectivity index is 2.33. The summed E-state index contributed by atoms with van der Waals surface area (Å²) in [7, 11) is 0. The Labute approximate surface area is 72.7 Å². The molecule has 1 N–H and O–H groups in total. The van der Waals surface area contributed by atoms with E-state index in [-0.39, 0.29) is 12.1 Å². The highest BCUT2D eigenvalue weighted by Gasteiger charge is 2.25. The largest absolute Gasteiger partial charge is 0.460 e. The molecule has 2 unspecified atom stereocenters. The van der Waals surface area contributed by atoms with Gasteiger partial charge in [0.05, 0.1) is 6.10 Å². The van der Waals surface area contributed by atoms with Crippen molar-refractivity contribution in [2.75, 3.05) is 0 Å². The number of hydrogen-bond donors (Lipinski definition) is 1. The van der Waals surface area contributed by atoms with Crippen molar-refractivity contribution in [1.82, 2.24) is 0 Å². The van der Waals surface area contributed by atoms with Crippen LogP contribution >= 0.6 is 0 Å². The summed E-state index contributed by atoms with van der Waals surface area (Å²) >= 11 is 0. The average molecular weight is 172 g/mol. The highest BCUT2D eigenvalue weighted by Crippen LogP contribution is 2.21. The van der Waals surface area contributed by atoms with Crippen LogP contribution in [0.4, 0.5) is 0 Å². The van der Waals surface area contributed by atoms with Crippen LogP contribution in [0.1, 0.15) is 39.0 Å². The van der Waals surface area contributed by atoms with Gasteiger partial charge in [-0.15, -0.1) is 0 Å². The lowest BCUT2D eigenvalue weighted by molar-refractivity contribution is -0.157. The molecule has 1 fully saturated rings. The van der Waals surface area contributed by atoms with Gasteiger partial charge in [0.15, 0.2) is 0 Å². The summed E-state index contributed by atoms with van der Waals surface area (Å²) in [6.07, 6.45) is 3.39. The van der Waals surface area contributed by atoms with Crippen molar-refractivity contribution in [2.24, 2.45) is 0 Å². The third kappa shape index (κ3) is 2.48. The van der Waals surface area contributed by atoms with Crippen LogP contribution < -0.4 is 0 Å². The molecule has 0 heterocycles. The molecule has 3 heteroatoms. The number of aliphatic hydroxyl groups excluding tert-OH is 1. The molecule has 1 saturated carbocycles. The second-order valence-corrected chi connectivity index (χ2v) is 3.23. The van der Waals surface area contributed by atoms with Crippen molar-refractivity contribution in [3.05, 3.63) is 0 Å². The molecule has 70 valence electrons. The number of carbonyl (C=O) groups excluding carboxylic acids is 1. The summed E-state index contributed by atoms with van der Waals surface area (Å²) in [4.78, 5) is 10.9. The van der Waals surface area contributed by atoms with Crippen molar-refractivity contribution >= 4 is 5.97 Å². The molecule has 1 rings (SSSR count). The van der Waals surface area contributed by atoms with E-state index in [0.29, 0.717) is 6.42 Å². The lowest BCUT2D eigenvalue weighted by atomic mass is 9.95. The minimum Gasteiger partial charge on any atom is -0.460 e. The molecular formula is C9H16O3. The van der Waals surface area contributed by atoms with Crippen LogP contribution in [-0.2, 0) is 9.53 Å². The van der Waals surface area contributed by atoms with Crippen molar-refractivity contribution in [2.45, 2.75) is 51.2 Å². The molecule has 0 radical (unpaired) electrons. The fourth-order valence-electron chi connectivity index (χ4n) is 1.47. The predicted molar refractivity (Wildman–Crippen MR) is 44.6 cm³/mol. The molecule has 0 amide bonds. The van der Waals surface area contributed by atoms with Gasteiger partial charge in [0.1, 0.15) is 6.10 Å². The second kappa shape index (κ2) is 4.45. The molecule has 0 aromatic heterocycles. The highest BCUT2D eigenvalue weighted by atomic mass is 16.6. The molecule has 1 aliphatic carbocycles. The second-order valence-electron chi connectivity index (χ2n) is 3.23. The van der Waals surface area contributed by atoms with Crippen LogP contribution in [0.2, 0.25) is 0 Å². The molecule has 0 aromatic rings. The van der Waals surface area contributed by atoms with Gasteiger partial charge in [-0.05, 0) is 19.3 Å². The van der Waals surface area contributed by atoms with E-state index in [9.17, 15) is 9.90 Å². The SMILES string of the molecule is CCC(=O)OC1CCCCC1O. The van der Waals surface area contributed by atoms with Gasteiger partial charge in [0.2, 0.25) is 0 Å². The average Bonchev–Trinajstić information content (AvgIpc) is 2.09. The number of esters is 1. The summed E-state index contributed by atoms with van der Waals surface area (Å²) in [6, 6.07) is 0. The van der Waals surface area contributed by atoms with Gasteiger partial charge in [0.25, 0.3) is 0 Å². The zero-order chi connectivity index (χ0) is 8.97. The number of ether oxygens (including phenoxy) is 1. The molecule has 2 atom stereocenters. The van der Waals surface area contributed by atoms with E-state index < -0.39 is 6.10 Å². The highest BCUT2D eigenvalue weighted by molar-refractivity contribution is 5.69. The molecule has 0 bridgehead atoms. The van der Waals surface area contributed by atoms with E-state index >= 15 is 0 Å². The third-order valence-electron chi connectivity index (χ3n) is 2.24. The maximum atomic E-state index is 10.9. The summed E-state index contributed by atoms with van der Waals surface area (Å²) in [5, 5.41) is 9.44. The summed E-state index contributed by atoms with van der Waals surface area (Å²) < 4.78 is 5.06. The van der Waals surface area contributed by atoms with E-state index in [0.717, 1.165) is 25.7 Å². The lowest BCUT2D eigenvalue weighted by Gasteiger charge is -2.26. The molecule has 0 aromatic carbocycles. The maximum Gasteiger partial charge on any atom is 0.305 e. The number of rotatable bonds is 2. The van der Waals surface area contributed by atoms with Gasteiger partial charge in [-0.3, -0.25) is 4.79 Å². The van der Waals surface area contributed by atoms with Crippen molar-refractivity contribution in [1.29, 1.82) is 0 Å². The van der Waals surface area contributed by atoms with E-state index in [1.807, 2.05) is 0 Å². The molecule has 0 saturated heterocycles. The Bertz CT molecular complexity index is 156. The van der Waals surface area contributed by atoms with Gasteiger partial charge in [-0.1, -0.05) is 13.3 Å². The van der Waals surface area contributed by atoms with E-state index in [4.69, 9.17) is 4.74 Å². The Morgan fingerprint density at radius 2 is 2.17 bits per heavy atom. The van der Waals surface area contributed by atoms with Crippen LogP contribution in [-0.4, -0.2) is 23.3 Å². The third-order valence-corrected chi connectivity index (χ3v) is 2.24. The van der Waals surface area contributed by atoms with Crippen LogP contribution in [0.25, 0.3) is 0 Å². The number of carbonyl (C=O) groups is 1. The molecule has 0 aliphatic heterocycles. The Morgan fingerprint density at radius 1 is 1.50 bits per heavy atom. The molecule has 0 spiro atoms. The fourth-order valence-corrected chi connectivity index (χ4v) is 1.47. The molecule has 3 nitrogen and oxygen atoms in total. The quantitative estimate of drug-likeness (QED) is 0.637. The molecule has 12 heavy (non-hydrogen) atoms. The van der Waals surface area contributed by atoms with Gasteiger partial charge in [0, 0.05) is 6.42 Å². The van der Waals surface area contributed by atoms with Gasteiger partial charge < -0.3 is 9.84 Å². The zero-order valence-electron chi connectivity index (χ0n) is 7.45. The standard InChI is InChI=1S/C9H16O3/c1-2-9(11)12-8-6-4-3-5-7(8)10/h7-8,10H,2-6H2,1H3. The minimum absolute atomic E-state index is 0.207. The van der Waals surface area contributed by atoms with E-state index in [2.05, 4.69) is 0 Å². The van der Waals surface area contributed by atoms with Crippen molar-refractivity contribution < 1.29 is 14.6 Å². The minimum atomic E-state index is -0.436. The van der Waals surface area contributed by atoms with Crippen LogP contribution in [0.15, 0.2) is 0 Å². The first-order valence-corrected chi connectivity index (χ1v) is 4.61. The van der Waals surface area contributed by atoms with Gasteiger partial charge in [-0.2, -0.15) is 0 Å². The number of aliphatic hydroxyl groups is 1. The number of hydrogen-bond acceptors (Lipinski definition) is 3. The van der Waals surface area contributed by atoms with E-state index in [1.54, 1.807) is 6.92 Å². The Morgan fingerprint density at radius 3 is 2.75 bits per heavy atom. The fraction of sp³-hybridized carbons (Fsp3) is 0.889. The zero-order valence-corrected chi connectivity index (χ0v) is 7.45. The normalized spacial score (nSPS) is 29.8. The Kier molecular flexibility index (Phi) is 3.53. The van der Waals surface area contributed by atoms with Crippen LogP contribution in [0.3, 0.4) is 0 Å². The van der Waals surface area contributed by atoms with Crippen molar-refractivity contribution in [3.63, 3.8) is 0 Å². The monoisotopic (exact) mass is 172 g/mol. The van der Waals surface area contributed by atoms with Crippen LogP contribution in [0, 0.1) is 0 Å². The smallest absolute Gasteiger partial charge is 0.305 e. The topological polar surface area (TPSA) is 46.5 Å². The first-order chi connectivity index (χ1) is 5.74. The molecule has 1 aliphatic rings. The van der Waals surface area contributed by atoms with Crippen LogP contribution in [0.5, 0.6) is 0 Å². The molecular weight excluding hydrogens is 156 g/mol. The van der Waals surface area contributed by atoms with Crippen molar-refractivity contribution in [3.8, 4) is 0 Å². The first-order valence-electron chi connectivity index (χ1n) is 4.61. The van der Waals surface area contributed by atoms with Gasteiger partial charge in [-0.25, -0.2) is 0 Å². The van der Waals surface area contributed by atoms with E-state index in [1.165, 1.54) is 0 Å². The first kappa shape index (κ1) is 9.52. The summed E-state index contributed by atoms with van der Waals surface area (Å²) in [5.74, 6) is -0.207.